The topological polar surface area (TPSA) is 89.7 Å². The Morgan fingerprint density at radius 1 is 1.16 bits per heavy atom. The van der Waals surface area contributed by atoms with Gasteiger partial charge in [0.2, 0.25) is 5.91 Å². The van der Waals surface area contributed by atoms with Crippen molar-refractivity contribution < 1.29 is 17.9 Å². The number of sulfonamides is 1. The van der Waals surface area contributed by atoms with Gasteiger partial charge in [0.05, 0.1) is 17.3 Å². The number of hydrogen-bond donors (Lipinski definition) is 1. The Balaban J connectivity index is 2.52. The molecule has 25 heavy (non-hydrogen) atoms. The highest BCUT2D eigenvalue weighted by atomic mass is 35.5. The van der Waals surface area contributed by atoms with Crippen molar-refractivity contribution in [3.05, 3.63) is 52.5 Å². The van der Waals surface area contributed by atoms with Crippen molar-refractivity contribution in [2.24, 2.45) is 5.73 Å². The van der Waals surface area contributed by atoms with Gasteiger partial charge in [0.15, 0.2) is 0 Å². The quantitative estimate of drug-likeness (QED) is 0.770. The van der Waals surface area contributed by atoms with Crippen LogP contribution >= 0.6 is 23.2 Å². The van der Waals surface area contributed by atoms with E-state index in [9.17, 15) is 13.2 Å². The standard InChI is InChI=1S/C16H16Cl2N2O4S/c1-2-24-13-6-4-12(5-7-13)20(10-16(19)21)25(22,23)15-9-11(17)3-8-14(15)18/h3-9H,2,10H2,1H3,(H2,19,21). The summed E-state index contributed by atoms with van der Waals surface area (Å²) in [5, 5.41) is 0.193. The number of halogens is 2. The molecule has 0 aliphatic carbocycles. The minimum atomic E-state index is -4.15. The first-order chi connectivity index (χ1) is 11.8. The van der Waals surface area contributed by atoms with Crippen LogP contribution in [0.1, 0.15) is 6.92 Å². The minimum Gasteiger partial charge on any atom is -0.494 e. The van der Waals surface area contributed by atoms with Crippen molar-refractivity contribution >= 4 is 44.8 Å². The largest absolute Gasteiger partial charge is 0.494 e. The van der Waals surface area contributed by atoms with Crippen LogP contribution < -0.4 is 14.8 Å². The van der Waals surface area contributed by atoms with Crippen LogP contribution in [0.5, 0.6) is 5.75 Å². The molecule has 0 aliphatic rings. The van der Waals surface area contributed by atoms with E-state index in [0.29, 0.717) is 12.4 Å². The molecule has 0 unspecified atom stereocenters. The third-order valence-electron chi connectivity index (χ3n) is 3.20. The van der Waals surface area contributed by atoms with Gasteiger partial charge in [0, 0.05) is 5.02 Å². The molecule has 2 aromatic rings. The summed E-state index contributed by atoms with van der Waals surface area (Å²) in [7, 11) is -4.15. The molecule has 0 heterocycles. The molecule has 134 valence electrons. The molecule has 0 saturated heterocycles. The van der Waals surface area contributed by atoms with E-state index in [0.717, 1.165) is 4.31 Å². The van der Waals surface area contributed by atoms with E-state index in [1.165, 1.54) is 30.3 Å². The fraction of sp³-hybridized carbons (Fsp3) is 0.188. The van der Waals surface area contributed by atoms with Crippen LogP contribution in [-0.2, 0) is 14.8 Å². The van der Waals surface area contributed by atoms with Gasteiger partial charge in [-0.3, -0.25) is 9.10 Å². The summed E-state index contributed by atoms with van der Waals surface area (Å²) in [6.07, 6.45) is 0. The molecule has 0 bridgehead atoms. The van der Waals surface area contributed by atoms with Gasteiger partial charge in [0.25, 0.3) is 10.0 Å². The SMILES string of the molecule is CCOc1ccc(N(CC(N)=O)S(=O)(=O)c2cc(Cl)ccc2Cl)cc1. The first-order valence-corrected chi connectivity index (χ1v) is 9.44. The summed E-state index contributed by atoms with van der Waals surface area (Å²) in [4.78, 5) is 11.2. The molecule has 0 saturated carbocycles. The lowest BCUT2D eigenvalue weighted by Gasteiger charge is -2.24. The Morgan fingerprint density at radius 3 is 2.36 bits per heavy atom. The summed E-state index contributed by atoms with van der Waals surface area (Å²) in [6.45, 7) is 1.76. The zero-order chi connectivity index (χ0) is 18.6. The summed E-state index contributed by atoms with van der Waals surface area (Å²) in [5.74, 6) is -0.237. The maximum absolute atomic E-state index is 13.0. The Kier molecular flexibility index (Phi) is 6.16. The fourth-order valence-electron chi connectivity index (χ4n) is 2.13. The van der Waals surface area contributed by atoms with Crippen molar-refractivity contribution in [1.82, 2.24) is 0 Å². The van der Waals surface area contributed by atoms with Crippen molar-refractivity contribution in [3.63, 3.8) is 0 Å². The molecule has 0 atom stereocenters. The Hall–Kier alpha value is -1.96. The number of anilines is 1. The van der Waals surface area contributed by atoms with E-state index in [1.54, 1.807) is 12.1 Å². The second kappa shape index (κ2) is 7.95. The first-order valence-electron chi connectivity index (χ1n) is 7.24. The number of benzene rings is 2. The molecule has 6 nitrogen and oxygen atoms in total. The molecule has 2 aromatic carbocycles. The van der Waals surface area contributed by atoms with E-state index in [1.807, 2.05) is 6.92 Å². The van der Waals surface area contributed by atoms with Gasteiger partial charge in [-0.15, -0.1) is 0 Å². The van der Waals surface area contributed by atoms with Crippen LogP contribution in [-0.4, -0.2) is 27.5 Å². The molecule has 2 N–H and O–H groups in total. The number of primary amides is 1. The number of carbonyl (C=O) groups excluding carboxylic acids is 1. The molecule has 0 fully saturated rings. The van der Waals surface area contributed by atoms with Gasteiger partial charge in [-0.1, -0.05) is 23.2 Å². The number of ether oxygens (including phenoxy) is 1. The number of carbonyl (C=O) groups is 1. The number of hydrogen-bond acceptors (Lipinski definition) is 4. The van der Waals surface area contributed by atoms with Crippen molar-refractivity contribution in [2.75, 3.05) is 17.5 Å². The van der Waals surface area contributed by atoms with Crippen LogP contribution in [0, 0.1) is 0 Å². The average Bonchev–Trinajstić information content (AvgIpc) is 2.55. The summed E-state index contributed by atoms with van der Waals surface area (Å²) < 4.78 is 32.2. The molecular weight excluding hydrogens is 387 g/mol. The Bertz CT molecular complexity index is 870. The normalized spacial score (nSPS) is 11.2. The number of nitrogens with zero attached hydrogens (tertiary/aromatic N) is 1. The molecule has 1 amide bonds. The van der Waals surface area contributed by atoms with Gasteiger partial charge in [0.1, 0.15) is 17.2 Å². The van der Waals surface area contributed by atoms with Crippen LogP contribution in [0.2, 0.25) is 10.0 Å². The lowest BCUT2D eigenvalue weighted by atomic mass is 10.3. The summed E-state index contributed by atoms with van der Waals surface area (Å²) in [5.41, 5.74) is 5.47. The number of nitrogens with two attached hydrogens (primary N) is 1. The highest BCUT2D eigenvalue weighted by Gasteiger charge is 2.29. The third kappa shape index (κ3) is 4.56. The highest BCUT2D eigenvalue weighted by Crippen LogP contribution is 2.31. The molecule has 0 aliphatic heterocycles. The number of amides is 1. The van der Waals surface area contributed by atoms with E-state index >= 15 is 0 Å². The molecule has 2 rings (SSSR count). The van der Waals surface area contributed by atoms with Crippen molar-refractivity contribution in [1.29, 1.82) is 0 Å². The second-order valence-electron chi connectivity index (χ2n) is 4.98. The van der Waals surface area contributed by atoms with E-state index in [-0.39, 0.29) is 20.6 Å². The Morgan fingerprint density at radius 2 is 1.80 bits per heavy atom. The van der Waals surface area contributed by atoms with E-state index in [4.69, 9.17) is 33.7 Å². The van der Waals surface area contributed by atoms with Crippen molar-refractivity contribution in [2.45, 2.75) is 11.8 Å². The summed E-state index contributed by atoms with van der Waals surface area (Å²) >= 11 is 11.9. The van der Waals surface area contributed by atoms with Crippen LogP contribution in [0.25, 0.3) is 0 Å². The lowest BCUT2D eigenvalue weighted by molar-refractivity contribution is -0.116. The fourth-order valence-corrected chi connectivity index (χ4v) is 4.30. The lowest BCUT2D eigenvalue weighted by Crippen LogP contribution is -2.38. The summed E-state index contributed by atoms with van der Waals surface area (Å²) in [6, 6.07) is 10.3. The maximum Gasteiger partial charge on any atom is 0.266 e. The monoisotopic (exact) mass is 402 g/mol. The number of rotatable bonds is 7. The van der Waals surface area contributed by atoms with Crippen LogP contribution in [0.3, 0.4) is 0 Å². The molecule has 0 spiro atoms. The minimum absolute atomic E-state index is 0.00944. The zero-order valence-electron chi connectivity index (χ0n) is 13.3. The Labute approximate surface area is 156 Å². The molecule has 0 aromatic heterocycles. The van der Waals surface area contributed by atoms with Crippen LogP contribution in [0.4, 0.5) is 5.69 Å². The zero-order valence-corrected chi connectivity index (χ0v) is 15.6. The molecular formula is C16H16Cl2N2O4S. The maximum atomic E-state index is 13.0. The predicted octanol–water partition coefficient (Wildman–Crippen LogP) is 3.07. The van der Waals surface area contributed by atoms with Crippen molar-refractivity contribution in [3.8, 4) is 5.75 Å². The van der Waals surface area contributed by atoms with Crippen LogP contribution in [0.15, 0.2) is 47.4 Å². The molecule has 9 heteroatoms. The second-order valence-corrected chi connectivity index (χ2v) is 7.65. The van der Waals surface area contributed by atoms with Gasteiger partial charge < -0.3 is 10.5 Å². The van der Waals surface area contributed by atoms with Gasteiger partial charge in [-0.25, -0.2) is 8.42 Å². The highest BCUT2D eigenvalue weighted by molar-refractivity contribution is 7.93. The molecule has 0 radical (unpaired) electrons. The average molecular weight is 403 g/mol. The predicted molar refractivity (Wildman–Crippen MR) is 97.8 cm³/mol. The van der Waals surface area contributed by atoms with E-state index < -0.39 is 22.5 Å². The third-order valence-corrected chi connectivity index (χ3v) is 5.69. The van der Waals surface area contributed by atoms with Gasteiger partial charge in [-0.2, -0.15) is 0 Å². The van der Waals surface area contributed by atoms with Gasteiger partial charge in [-0.05, 0) is 49.4 Å². The smallest absolute Gasteiger partial charge is 0.266 e. The first kappa shape index (κ1) is 19.4. The van der Waals surface area contributed by atoms with Gasteiger partial charge >= 0.3 is 0 Å². The van der Waals surface area contributed by atoms with E-state index in [2.05, 4.69) is 0 Å².